The molecule has 0 unspecified atom stereocenters. The first kappa shape index (κ1) is 15.8. The molecule has 1 saturated carbocycles. The van der Waals surface area contributed by atoms with Crippen LogP contribution < -0.4 is 0 Å². The number of aliphatic carboxylic acids is 1. The van der Waals surface area contributed by atoms with Gasteiger partial charge in [0.15, 0.2) is 0 Å². The Kier molecular flexibility index (Phi) is 6.62. The Morgan fingerprint density at radius 3 is 2.37 bits per heavy atom. The lowest BCUT2D eigenvalue weighted by molar-refractivity contribution is -0.137. The molecule has 2 amide bonds. The smallest absolute Gasteiger partial charge is 0.323 e. The molecular weight excluding hydrogens is 248 g/mol. The van der Waals surface area contributed by atoms with E-state index in [9.17, 15) is 9.59 Å². The fourth-order valence-corrected chi connectivity index (χ4v) is 1.96. The highest BCUT2D eigenvalue weighted by molar-refractivity contribution is 5.80. The van der Waals surface area contributed by atoms with E-state index in [1.54, 1.807) is 4.90 Å². The van der Waals surface area contributed by atoms with Crippen molar-refractivity contribution in [2.75, 3.05) is 32.8 Å². The summed E-state index contributed by atoms with van der Waals surface area (Å²) in [5.41, 5.74) is 0. The van der Waals surface area contributed by atoms with E-state index in [2.05, 4.69) is 0 Å². The van der Waals surface area contributed by atoms with Crippen molar-refractivity contribution in [1.82, 2.24) is 9.80 Å². The zero-order chi connectivity index (χ0) is 14.3. The average molecular weight is 272 g/mol. The van der Waals surface area contributed by atoms with Crippen LogP contribution in [-0.4, -0.2) is 64.8 Å². The topological polar surface area (TPSA) is 81.1 Å². The maximum absolute atomic E-state index is 12.3. The third-order valence-electron chi connectivity index (χ3n) is 3.19. The number of hydrogen-bond donors (Lipinski definition) is 2. The summed E-state index contributed by atoms with van der Waals surface area (Å²) in [4.78, 5) is 26.1. The highest BCUT2D eigenvalue weighted by Crippen LogP contribution is 2.29. The fourth-order valence-electron chi connectivity index (χ4n) is 1.96. The Balaban J connectivity index is 2.60. The first-order chi connectivity index (χ1) is 9.08. The van der Waals surface area contributed by atoms with Crippen LogP contribution in [0.5, 0.6) is 0 Å². The highest BCUT2D eigenvalue weighted by Gasteiger charge is 2.29. The number of hydrogen-bond acceptors (Lipinski definition) is 3. The zero-order valence-electron chi connectivity index (χ0n) is 11.5. The number of urea groups is 1. The van der Waals surface area contributed by atoms with Crippen LogP contribution in [0.25, 0.3) is 0 Å². The van der Waals surface area contributed by atoms with E-state index in [0.29, 0.717) is 19.0 Å². The molecule has 1 rings (SSSR count). The summed E-state index contributed by atoms with van der Waals surface area (Å²) in [5.74, 6) is -0.543. The molecule has 0 aromatic heterocycles. The normalized spacial score (nSPS) is 14.2. The van der Waals surface area contributed by atoms with Gasteiger partial charge in [-0.15, -0.1) is 0 Å². The van der Waals surface area contributed by atoms with Gasteiger partial charge in [0.05, 0.1) is 6.61 Å². The molecule has 1 fully saturated rings. The van der Waals surface area contributed by atoms with Gasteiger partial charge in [0.2, 0.25) is 0 Å². The van der Waals surface area contributed by atoms with Gasteiger partial charge in [-0.05, 0) is 25.2 Å². The minimum atomic E-state index is -0.992. The number of carbonyl (C=O) groups excluding carboxylic acids is 1. The Morgan fingerprint density at radius 2 is 1.89 bits per heavy atom. The van der Waals surface area contributed by atoms with Gasteiger partial charge in [-0.25, -0.2) is 4.79 Å². The Morgan fingerprint density at radius 1 is 1.21 bits per heavy atom. The van der Waals surface area contributed by atoms with Crippen LogP contribution in [0.1, 0.15) is 32.6 Å². The number of unbranched alkanes of at least 4 members (excludes halogenated alkanes) is 1. The molecule has 0 aromatic rings. The van der Waals surface area contributed by atoms with E-state index in [4.69, 9.17) is 10.2 Å². The molecule has 6 heteroatoms. The summed E-state index contributed by atoms with van der Waals surface area (Å²) >= 11 is 0. The molecule has 0 spiro atoms. The maximum atomic E-state index is 12.3. The minimum Gasteiger partial charge on any atom is -0.480 e. The van der Waals surface area contributed by atoms with E-state index in [-0.39, 0.29) is 25.7 Å². The molecule has 6 nitrogen and oxygen atoms in total. The fraction of sp³-hybridized carbons (Fsp3) is 0.846. The van der Waals surface area contributed by atoms with Crippen LogP contribution in [0.2, 0.25) is 0 Å². The van der Waals surface area contributed by atoms with Gasteiger partial charge < -0.3 is 20.0 Å². The molecule has 2 N–H and O–H groups in total. The van der Waals surface area contributed by atoms with E-state index in [1.165, 1.54) is 4.90 Å². The summed E-state index contributed by atoms with van der Waals surface area (Å²) < 4.78 is 0. The number of aliphatic hydroxyl groups excluding tert-OH is 1. The van der Waals surface area contributed by atoms with Crippen LogP contribution in [0, 0.1) is 5.92 Å². The van der Waals surface area contributed by atoms with Crippen molar-refractivity contribution in [1.29, 1.82) is 0 Å². The molecule has 110 valence electrons. The largest absolute Gasteiger partial charge is 0.480 e. The van der Waals surface area contributed by atoms with Crippen molar-refractivity contribution in [3.05, 3.63) is 0 Å². The zero-order valence-corrected chi connectivity index (χ0v) is 11.5. The van der Waals surface area contributed by atoms with Gasteiger partial charge in [-0.3, -0.25) is 4.79 Å². The van der Waals surface area contributed by atoms with Crippen LogP contribution in [0.3, 0.4) is 0 Å². The van der Waals surface area contributed by atoms with Crippen molar-refractivity contribution >= 4 is 12.0 Å². The molecule has 0 aromatic carbocycles. The summed E-state index contributed by atoms with van der Waals surface area (Å²) in [7, 11) is 0. The van der Waals surface area contributed by atoms with Gasteiger partial charge in [-0.1, -0.05) is 13.3 Å². The monoisotopic (exact) mass is 272 g/mol. The summed E-state index contributed by atoms with van der Waals surface area (Å²) in [6, 6.07) is -0.267. The van der Waals surface area contributed by atoms with Crippen molar-refractivity contribution in [2.45, 2.75) is 32.6 Å². The summed E-state index contributed by atoms with van der Waals surface area (Å²) in [6.45, 7) is 3.01. The van der Waals surface area contributed by atoms with Crippen molar-refractivity contribution < 1.29 is 19.8 Å². The molecule has 0 radical (unpaired) electrons. The Hall–Kier alpha value is -1.30. The Bertz CT molecular complexity index is 305. The first-order valence-corrected chi connectivity index (χ1v) is 6.95. The molecule has 0 bridgehead atoms. The average Bonchev–Trinajstić information content (AvgIpc) is 3.16. The second-order valence-electron chi connectivity index (χ2n) is 5.06. The molecule has 19 heavy (non-hydrogen) atoms. The lowest BCUT2D eigenvalue weighted by Gasteiger charge is -2.29. The van der Waals surface area contributed by atoms with Crippen molar-refractivity contribution in [3.63, 3.8) is 0 Å². The Labute approximate surface area is 114 Å². The number of carboxylic acids is 1. The molecule has 0 atom stereocenters. The second kappa shape index (κ2) is 7.99. The standard InChI is InChI=1S/C13H24N2O4/c1-2-3-6-14(7-8-16)13(19)15(10-12(17)18)9-11-4-5-11/h11,16H,2-10H2,1H3,(H,17,18). The van der Waals surface area contributed by atoms with Gasteiger partial charge in [0, 0.05) is 19.6 Å². The van der Waals surface area contributed by atoms with E-state index in [0.717, 1.165) is 25.7 Å². The molecule has 0 saturated heterocycles. The predicted octanol–water partition coefficient (Wildman–Crippen LogP) is 0.997. The second-order valence-corrected chi connectivity index (χ2v) is 5.06. The number of carboxylic acid groups (broad SMARTS) is 1. The molecule has 1 aliphatic rings. The first-order valence-electron chi connectivity index (χ1n) is 6.95. The molecule has 1 aliphatic carbocycles. The van der Waals surface area contributed by atoms with E-state index >= 15 is 0 Å². The third-order valence-corrected chi connectivity index (χ3v) is 3.19. The van der Waals surface area contributed by atoms with Crippen LogP contribution >= 0.6 is 0 Å². The maximum Gasteiger partial charge on any atom is 0.323 e. The van der Waals surface area contributed by atoms with Crippen LogP contribution in [0.15, 0.2) is 0 Å². The van der Waals surface area contributed by atoms with Gasteiger partial charge in [0.1, 0.15) is 6.54 Å². The van der Waals surface area contributed by atoms with Crippen LogP contribution in [0.4, 0.5) is 4.79 Å². The van der Waals surface area contributed by atoms with Gasteiger partial charge in [-0.2, -0.15) is 0 Å². The minimum absolute atomic E-state index is 0.0974. The van der Waals surface area contributed by atoms with Crippen molar-refractivity contribution in [2.24, 2.45) is 5.92 Å². The third kappa shape index (κ3) is 5.92. The number of nitrogens with zero attached hydrogens (tertiary/aromatic N) is 2. The molecule has 0 heterocycles. The number of aliphatic hydroxyl groups is 1. The molecule has 0 aliphatic heterocycles. The number of rotatable bonds is 9. The lowest BCUT2D eigenvalue weighted by atomic mass is 10.3. The summed E-state index contributed by atoms with van der Waals surface area (Å²) in [5, 5.41) is 17.9. The van der Waals surface area contributed by atoms with Crippen molar-refractivity contribution in [3.8, 4) is 0 Å². The molecular formula is C13H24N2O4. The van der Waals surface area contributed by atoms with E-state index < -0.39 is 5.97 Å². The highest BCUT2D eigenvalue weighted by atomic mass is 16.4. The van der Waals surface area contributed by atoms with Gasteiger partial charge >= 0.3 is 12.0 Å². The quantitative estimate of drug-likeness (QED) is 0.656. The van der Waals surface area contributed by atoms with E-state index in [1.807, 2.05) is 6.92 Å². The predicted molar refractivity (Wildman–Crippen MR) is 70.9 cm³/mol. The lowest BCUT2D eigenvalue weighted by Crippen LogP contribution is -2.47. The summed E-state index contributed by atoms with van der Waals surface area (Å²) in [6.07, 6.45) is 3.95. The van der Waals surface area contributed by atoms with Crippen LogP contribution in [-0.2, 0) is 4.79 Å². The SMILES string of the molecule is CCCCN(CCO)C(=O)N(CC(=O)O)CC1CC1. The van der Waals surface area contributed by atoms with Gasteiger partial charge in [0.25, 0.3) is 0 Å². The number of amides is 2. The number of carbonyl (C=O) groups is 2.